The van der Waals surface area contributed by atoms with Crippen molar-refractivity contribution in [1.29, 1.82) is 0 Å². The smallest absolute Gasteiger partial charge is 0.348 e. The number of ether oxygens (including phenoxy) is 2. The summed E-state index contributed by atoms with van der Waals surface area (Å²) in [6.07, 6.45) is 3.11. The first-order chi connectivity index (χ1) is 11.5. The monoisotopic (exact) mass is 345 g/mol. The van der Waals surface area contributed by atoms with E-state index in [1.807, 2.05) is 31.2 Å². The molecule has 1 aromatic heterocycles. The molecule has 0 saturated carbocycles. The number of aryl methyl sites for hydroxylation is 1. The Hall–Kier alpha value is -2.60. The number of para-hydroxylation sites is 1. The van der Waals surface area contributed by atoms with Crippen LogP contribution >= 0.6 is 11.3 Å². The molecule has 6 heteroatoms. The van der Waals surface area contributed by atoms with Crippen LogP contribution in [-0.2, 0) is 9.53 Å². The number of hydrogen-bond donors (Lipinski definition) is 1. The molecule has 0 unspecified atom stereocenters. The second-order valence-corrected chi connectivity index (χ2v) is 5.96. The average molecular weight is 345 g/mol. The van der Waals surface area contributed by atoms with E-state index in [4.69, 9.17) is 9.47 Å². The Morgan fingerprint density at radius 3 is 2.75 bits per heavy atom. The van der Waals surface area contributed by atoms with Crippen LogP contribution in [0, 0.1) is 6.92 Å². The van der Waals surface area contributed by atoms with Crippen LogP contribution in [0.3, 0.4) is 0 Å². The second kappa shape index (κ2) is 8.31. The minimum absolute atomic E-state index is 0.280. The van der Waals surface area contributed by atoms with Gasteiger partial charge in [0.1, 0.15) is 10.6 Å². The number of amides is 1. The Kier molecular flexibility index (Phi) is 6.14. The van der Waals surface area contributed by atoms with Gasteiger partial charge in [-0.05, 0) is 37.6 Å². The molecule has 126 valence electrons. The van der Waals surface area contributed by atoms with Crippen LogP contribution in [0.25, 0.3) is 6.08 Å². The Labute approximate surface area is 144 Å². The van der Waals surface area contributed by atoms with Gasteiger partial charge in [-0.25, -0.2) is 4.79 Å². The maximum absolute atomic E-state index is 12.1. The summed E-state index contributed by atoms with van der Waals surface area (Å²) in [4.78, 5) is 24.3. The van der Waals surface area contributed by atoms with Crippen molar-refractivity contribution < 1.29 is 19.1 Å². The largest absolute Gasteiger partial charge is 0.496 e. The van der Waals surface area contributed by atoms with Crippen molar-refractivity contribution in [2.75, 3.05) is 19.0 Å². The van der Waals surface area contributed by atoms with Gasteiger partial charge in [0.05, 0.1) is 18.7 Å². The highest BCUT2D eigenvalue weighted by Crippen LogP contribution is 2.27. The van der Waals surface area contributed by atoms with Crippen molar-refractivity contribution in [1.82, 2.24) is 0 Å². The zero-order valence-corrected chi connectivity index (χ0v) is 14.6. The van der Waals surface area contributed by atoms with Gasteiger partial charge >= 0.3 is 5.97 Å². The summed E-state index contributed by atoms with van der Waals surface area (Å²) < 4.78 is 10.2. The van der Waals surface area contributed by atoms with Gasteiger partial charge in [-0.15, -0.1) is 11.3 Å². The molecule has 2 rings (SSSR count). The zero-order chi connectivity index (χ0) is 17.5. The molecular formula is C18H19NO4S. The van der Waals surface area contributed by atoms with Gasteiger partial charge < -0.3 is 14.8 Å². The maximum Gasteiger partial charge on any atom is 0.348 e. The van der Waals surface area contributed by atoms with E-state index in [0.717, 1.165) is 11.1 Å². The fraction of sp³-hybridized carbons (Fsp3) is 0.222. The average Bonchev–Trinajstić information content (AvgIpc) is 2.93. The fourth-order valence-corrected chi connectivity index (χ4v) is 3.05. The molecule has 0 aliphatic carbocycles. The minimum atomic E-state index is -0.370. The molecule has 0 aliphatic rings. The van der Waals surface area contributed by atoms with E-state index in [2.05, 4.69) is 5.32 Å². The molecule has 2 aromatic rings. The Bertz CT molecular complexity index is 764. The van der Waals surface area contributed by atoms with Gasteiger partial charge in [0.25, 0.3) is 0 Å². The van der Waals surface area contributed by atoms with E-state index in [0.29, 0.717) is 22.2 Å². The summed E-state index contributed by atoms with van der Waals surface area (Å²) >= 11 is 1.20. The van der Waals surface area contributed by atoms with Crippen LogP contribution in [0.15, 0.2) is 36.4 Å². The highest BCUT2D eigenvalue weighted by molar-refractivity contribution is 7.18. The molecule has 1 N–H and O–H groups in total. The standard InChI is InChI=1S/C18H19NO4S/c1-4-23-18(21)17-12(2)11-16(24-17)19-15(20)10-9-13-7-5-6-8-14(13)22-3/h5-11H,4H2,1-3H3,(H,19,20)/b10-9+. The lowest BCUT2D eigenvalue weighted by Gasteiger charge is -2.03. The minimum Gasteiger partial charge on any atom is -0.496 e. The highest BCUT2D eigenvalue weighted by Gasteiger charge is 2.15. The number of rotatable bonds is 6. The Morgan fingerprint density at radius 2 is 2.04 bits per heavy atom. The van der Waals surface area contributed by atoms with Crippen LogP contribution in [0.4, 0.5) is 5.00 Å². The second-order valence-electron chi connectivity index (χ2n) is 4.91. The third-order valence-corrected chi connectivity index (χ3v) is 4.31. The van der Waals surface area contributed by atoms with Crippen LogP contribution in [0.5, 0.6) is 5.75 Å². The van der Waals surface area contributed by atoms with Gasteiger partial charge in [-0.3, -0.25) is 4.79 Å². The molecule has 1 amide bonds. The SMILES string of the molecule is CCOC(=O)c1sc(NC(=O)/C=C/c2ccccc2OC)cc1C. The quantitative estimate of drug-likeness (QED) is 0.637. The van der Waals surface area contributed by atoms with Crippen LogP contribution in [0.1, 0.15) is 27.7 Å². The maximum atomic E-state index is 12.1. The van der Waals surface area contributed by atoms with Crippen molar-refractivity contribution in [2.45, 2.75) is 13.8 Å². The topological polar surface area (TPSA) is 64.6 Å². The Balaban J connectivity index is 2.06. The lowest BCUT2D eigenvalue weighted by molar-refractivity contribution is -0.111. The van der Waals surface area contributed by atoms with Crippen molar-refractivity contribution in [3.63, 3.8) is 0 Å². The molecule has 0 bridgehead atoms. The lowest BCUT2D eigenvalue weighted by atomic mass is 10.2. The van der Waals surface area contributed by atoms with Crippen LogP contribution in [-0.4, -0.2) is 25.6 Å². The number of hydrogen-bond acceptors (Lipinski definition) is 5. The van der Waals surface area contributed by atoms with Crippen molar-refractivity contribution in [3.8, 4) is 5.75 Å². The van der Waals surface area contributed by atoms with Gasteiger partial charge in [0.2, 0.25) is 5.91 Å². The number of benzene rings is 1. The zero-order valence-electron chi connectivity index (χ0n) is 13.8. The first kappa shape index (κ1) is 17.7. The molecule has 0 fully saturated rings. The molecule has 0 radical (unpaired) electrons. The summed E-state index contributed by atoms with van der Waals surface area (Å²) in [6.45, 7) is 3.88. The summed E-state index contributed by atoms with van der Waals surface area (Å²) in [5.74, 6) is 0.0424. The van der Waals surface area contributed by atoms with E-state index < -0.39 is 0 Å². The molecule has 0 saturated heterocycles. The van der Waals surface area contributed by atoms with E-state index in [1.54, 1.807) is 26.2 Å². The van der Waals surface area contributed by atoms with E-state index in [1.165, 1.54) is 17.4 Å². The number of esters is 1. The van der Waals surface area contributed by atoms with Crippen LogP contribution < -0.4 is 10.1 Å². The number of carbonyl (C=O) groups excluding carboxylic acids is 2. The molecule has 5 nitrogen and oxygen atoms in total. The molecule has 0 atom stereocenters. The third-order valence-electron chi connectivity index (χ3n) is 3.18. The first-order valence-corrected chi connectivity index (χ1v) is 8.26. The lowest BCUT2D eigenvalue weighted by Crippen LogP contribution is -2.06. The summed E-state index contributed by atoms with van der Waals surface area (Å²) in [6, 6.07) is 9.17. The number of carbonyl (C=O) groups is 2. The predicted molar refractivity (Wildman–Crippen MR) is 95.7 cm³/mol. The number of methoxy groups -OCH3 is 1. The molecule has 0 aliphatic heterocycles. The number of thiophene rings is 1. The van der Waals surface area contributed by atoms with E-state index >= 15 is 0 Å². The van der Waals surface area contributed by atoms with E-state index in [9.17, 15) is 9.59 Å². The molecule has 1 heterocycles. The van der Waals surface area contributed by atoms with E-state index in [-0.39, 0.29) is 11.9 Å². The number of anilines is 1. The fourth-order valence-electron chi connectivity index (χ4n) is 2.08. The summed E-state index contributed by atoms with van der Waals surface area (Å²) in [5, 5.41) is 3.35. The van der Waals surface area contributed by atoms with Crippen molar-refractivity contribution >= 4 is 34.3 Å². The van der Waals surface area contributed by atoms with Gasteiger partial charge in [0, 0.05) is 11.6 Å². The van der Waals surface area contributed by atoms with Crippen molar-refractivity contribution in [3.05, 3.63) is 52.4 Å². The first-order valence-electron chi connectivity index (χ1n) is 7.44. The molecule has 24 heavy (non-hydrogen) atoms. The number of nitrogens with one attached hydrogen (secondary N) is 1. The van der Waals surface area contributed by atoms with Crippen LogP contribution in [0.2, 0.25) is 0 Å². The highest BCUT2D eigenvalue weighted by atomic mass is 32.1. The Morgan fingerprint density at radius 1 is 1.29 bits per heavy atom. The van der Waals surface area contributed by atoms with Gasteiger partial charge in [-0.1, -0.05) is 18.2 Å². The van der Waals surface area contributed by atoms with Gasteiger partial charge in [-0.2, -0.15) is 0 Å². The predicted octanol–water partition coefficient (Wildman–Crippen LogP) is 3.89. The van der Waals surface area contributed by atoms with Crippen molar-refractivity contribution in [2.24, 2.45) is 0 Å². The summed E-state index contributed by atoms with van der Waals surface area (Å²) in [7, 11) is 1.58. The molecule has 0 spiro atoms. The third kappa shape index (κ3) is 4.45. The summed E-state index contributed by atoms with van der Waals surface area (Å²) in [5.41, 5.74) is 1.59. The molecule has 1 aromatic carbocycles. The van der Waals surface area contributed by atoms with Gasteiger partial charge in [0.15, 0.2) is 0 Å². The normalized spacial score (nSPS) is 10.6. The molecular weight excluding hydrogens is 326 g/mol.